The highest BCUT2D eigenvalue weighted by Gasteiger charge is 2.30. The molecule has 5 atom stereocenters. The van der Waals surface area contributed by atoms with E-state index in [1.165, 1.54) is 12.5 Å². The van der Waals surface area contributed by atoms with Crippen molar-refractivity contribution < 1.29 is 43.8 Å². The Bertz CT molecular complexity index is 1080. The molecule has 0 radical (unpaired) electrons. The molecule has 0 spiro atoms. The van der Waals surface area contributed by atoms with Gasteiger partial charge in [-0.25, -0.2) is 4.98 Å². The van der Waals surface area contributed by atoms with Gasteiger partial charge in [0.2, 0.25) is 35.4 Å². The third kappa shape index (κ3) is 12.4. The van der Waals surface area contributed by atoms with Crippen molar-refractivity contribution >= 4 is 67.0 Å². The number of hydrogen-bond donors (Lipinski definition) is 12. The Kier molecular flexibility index (Phi) is 16.8. The molecule has 0 unspecified atom stereocenters. The van der Waals surface area contributed by atoms with E-state index in [1.54, 1.807) is 0 Å². The van der Waals surface area contributed by atoms with Gasteiger partial charge < -0.3 is 57.6 Å². The second-order valence-corrected chi connectivity index (χ2v) is 9.28. The first-order valence-corrected chi connectivity index (χ1v) is 13.6. The lowest BCUT2D eigenvalue weighted by molar-refractivity contribution is -0.135. The number of rotatable bonds is 19. The van der Waals surface area contributed by atoms with Crippen LogP contribution >= 0.6 is 25.3 Å². The lowest BCUT2D eigenvalue weighted by atomic mass is 10.1. The number of carbonyl (C=O) groups excluding carboxylic acids is 7. The normalized spacial score (nSPS) is 14.2. The van der Waals surface area contributed by atoms with Crippen LogP contribution in [0.5, 0.6) is 0 Å². The second kappa shape index (κ2) is 19.4. The summed E-state index contributed by atoms with van der Waals surface area (Å²) in [4.78, 5) is 91.5. The van der Waals surface area contributed by atoms with Gasteiger partial charge in [-0.1, -0.05) is 0 Å². The van der Waals surface area contributed by atoms with Gasteiger partial charge in [-0.3, -0.25) is 28.8 Å². The maximum atomic E-state index is 12.7. The molecule has 20 heteroatoms. The van der Waals surface area contributed by atoms with Crippen LogP contribution in [0.4, 0.5) is 0 Å². The van der Waals surface area contributed by atoms with E-state index in [2.05, 4.69) is 67.1 Å². The summed E-state index contributed by atoms with van der Waals surface area (Å²) < 4.78 is 0. The molecule has 234 valence electrons. The average molecular weight is 634 g/mol. The van der Waals surface area contributed by atoms with E-state index in [1.807, 2.05) is 0 Å². The van der Waals surface area contributed by atoms with Gasteiger partial charge in [0.15, 0.2) is 0 Å². The first kappa shape index (κ1) is 36.3. The first-order valence-electron chi connectivity index (χ1n) is 12.4. The standard InChI is InChI=1S/C22H35N9O9S2/c23-2-17(35)28-15(8-41)19(37)25-4-18(36)29-16(9-42)22(40)31-14(7-34)21(39)30-13(6-33)20(38)27-12(5-32)1-11-3-24-10-26-11/h3,5,10,12-16,33-34,41-42H,1-2,4,6-9,23H2,(H,24,26)(H,25,37)(H,27,38)(H,28,35)(H,29,36)(H,30,39)(H,31,40)/t12-,13-,14-,15-,16-/m0/s1. The zero-order valence-corrected chi connectivity index (χ0v) is 24.0. The van der Waals surface area contributed by atoms with Gasteiger partial charge in [-0.2, -0.15) is 25.3 Å². The van der Waals surface area contributed by atoms with Gasteiger partial charge in [0.25, 0.3) is 0 Å². The molecule has 0 aliphatic carbocycles. The van der Waals surface area contributed by atoms with Gasteiger partial charge in [0, 0.05) is 29.8 Å². The van der Waals surface area contributed by atoms with E-state index in [4.69, 9.17) is 5.73 Å². The summed E-state index contributed by atoms with van der Waals surface area (Å²) in [5.41, 5.74) is 5.73. The third-order valence-electron chi connectivity index (χ3n) is 5.39. The van der Waals surface area contributed by atoms with Crippen molar-refractivity contribution in [2.24, 2.45) is 5.73 Å². The Morgan fingerprint density at radius 3 is 1.83 bits per heavy atom. The van der Waals surface area contributed by atoms with Gasteiger partial charge in [-0.05, 0) is 0 Å². The summed E-state index contributed by atoms with van der Waals surface area (Å²) in [5.74, 6) is -5.37. The van der Waals surface area contributed by atoms with Gasteiger partial charge in [0.05, 0.1) is 38.7 Å². The van der Waals surface area contributed by atoms with Crippen LogP contribution in [0.1, 0.15) is 5.69 Å². The van der Waals surface area contributed by atoms with Gasteiger partial charge in [-0.15, -0.1) is 0 Å². The zero-order valence-electron chi connectivity index (χ0n) is 22.2. The maximum absolute atomic E-state index is 12.7. The highest BCUT2D eigenvalue weighted by Crippen LogP contribution is 1.99. The fourth-order valence-corrected chi connectivity index (χ4v) is 3.67. The van der Waals surface area contributed by atoms with Crippen LogP contribution < -0.4 is 37.6 Å². The molecule has 0 saturated carbocycles. The van der Waals surface area contributed by atoms with E-state index in [0.29, 0.717) is 12.0 Å². The number of amides is 6. The van der Waals surface area contributed by atoms with Gasteiger partial charge >= 0.3 is 0 Å². The number of nitrogens with two attached hydrogens (primary N) is 1. The SMILES string of the molecule is NCC(=O)N[C@@H](CS)C(=O)NCC(=O)N[C@@H](CS)C(=O)N[C@@H](CO)C(=O)N[C@@H](CO)C(=O)N[C@H](C=O)Cc1cnc[nH]1. The molecule has 1 aromatic heterocycles. The fourth-order valence-electron chi connectivity index (χ4n) is 3.16. The third-order valence-corrected chi connectivity index (χ3v) is 6.13. The van der Waals surface area contributed by atoms with Crippen LogP contribution in [-0.4, -0.2) is 130 Å². The van der Waals surface area contributed by atoms with Crippen LogP contribution in [0, 0.1) is 0 Å². The largest absolute Gasteiger partial charge is 0.394 e. The number of aromatic nitrogens is 2. The highest BCUT2D eigenvalue weighted by atomic mass is 32.1. The van der Waals surface area contributed by atoms with Crippen LogP contribution in [0.25, 0.3) is 0 Å². The summed E-state index contributed by atoms with van der Waals surface area (Å²) in [5, 5.41) is 32.8. The summed E-state index contributed by atoms with van der Waals surface area (Å²) >= 11 is 7.95. The molecule has 6 amide bonds. The Morgan fingerprint density at radius 2 is 1.36 bits per heavy atom. The lowest BCUT2D eigenvalue weighted by Crippen LogP contribution is -2.60. The molecule has 1 aromatic rings. The second-order valence-electron chi connectivity index (χ2n) is 8.55. The number of aliphatic hydroxyl groups excluding tert-OH is 2. The van der Waals surface area contributed by atoms with Crippen LogP contribution in [0.15, 0.2) is 12.5 Å². The number of aromatic amines is 1. The molecule has 1 heterocycles. The summed E-state index contributed by atoms with van der Waals surface area (Å²) in [6.45, 7) is -2.73. The van der Waals surface area contributed by atoms with Crippen LogP contribution in [0.2, 0.25) is 0 Å². The number of nitrogens with one attached hydrogen (secondary N) is 7. The van der Waals surface area contributed by atoms with Crippen molar-refractivity contribution in [3.05, 3.63) is 18.2 Å². The molecule has 0 bridgehead atoms. The number of aldehydes is 1. The predicted octanol–water partition coefficient (Wildman–Crippen LogP) is -6.51. The molecule has 0 aromatic carbocycles. The topological polar surface area (TPSA) is 287 Å². The number of H-pyrrole nitrogens is 1. The predicted molar refractivity (Wildman–Crippen MR) is 152 cm³/mol. The van der Waals surface area contributed by atoms with E-state index >= 15 is 0 Å². The number of nitrogens with zero attached hydrogens (tertiary/aromatic N) is 1. The average Bonchev–Trinajstić information content (AvgIpc) is 3.50. The Balaban J connectivity index is 2.68. The zero-order chi connectivity index (χ0) is 31.7. The number of imidazole rings is 1. The number of hydrogen-bond acceptors (Lipinski definition) is 13. The van der Waals surface area contributed by atoms with Crippen LogP contribution in [-0.2, 0) is 40.0 Å². The molecule has 1 rings (SSSR count). The first-order chi connectivity index (χ1) is 20.0. The fraction of sp³-hybridized carbons (Fsp3) is 0.545. The minimum Gasteiger partial charge on any atom is -0.394 e. The molecular weight excluding hydrogens is 598 g/mol. The number of thiol groups is 2. The number of carbonyl (C=O) groups is 7. The van der Waals surface area contributed by atoms with E-state index in [0.717, 1.165) is 0 Å². The van der Waals surface area contributed by atoms with Crippen molar-refractivity contribution in [3.63, 3.8) is 0 Å². The number of aliphatic hydroxyl groups is 2. The molecule has 11 N–H and O–H groups in total. The molecule has 0 saturated heterocycles. The molecule has 0 aliphatic rings. The quantitative estimate of drug-likeness (QED) is 0.0502. The monoisotopic (exact) mass is 633 g/mol. The van der Waals surface area contributed by atoms with E-state index < -0.39 is 85.4 Å². The summed E-state index contributed by atoms with van der Waals surface area (Å²) in [7, 11) is 0. The molecule has 0 aliphatic heterocycles. The molecule has 0 fully saturated rings. The summed E-state index contributed by atoms with van der Waals surface area (Å²) in [6.07, 6.45) is 3.36. The van der Waals surface area contributed by atoms with Crippen molar-refractivity contribution in [1.29, 1.82) is 0 Å². The minimum atomic E-state index is -1.60. The van der Waals surface area contributed by atoms with E-state index in [-0.39, 0.29) is 24.5 Å². The molecule has 18 nitrogen and oxygen atoms in total. The van der Waals surface area contributed by atoms with Gasteiger partial charge in [0.1, 0.15) is 30.5 Å². The van der Waals surface area contributed by atoms with Crippen molar-refractivity contribution in [2.75, 3.05) is 37.8 Å². The Labute approximate surface area is 250 Å². The highest BCUT2D eigenvalue weighted by molar-refractivity contribution is 7.80. The van der Waals surface area contributed by atoms with Crippen molar-refractivity contribution in [2.45, 2.75) is 36.6 Å². The molecular formula is C22H35N9O9S2. The lowest BCUT2D eigenvalue weighted by Gasteiger charge is -2.24. The Hall–Kier alpha value is -3.72. The smallest absolute Gasteiger partial charge is 0.245 e. The van der Waals surface area contributed by atoms with E-state index in [9.17, 15) is 43.8 Å². The maximum Gasteiger partial charge on any atom is 0.245 e. The summed E-state index contributed by atoms with van der Waals surface area (Å²) in [6, 6.07) is -6.52. The Morgan fingerprint density at radius 1 is 0.833 bits per heavy atom. The van der Waals surface area contributed by atoms with Crippen LogP contribution in [0.3, 0.4) is 0 Å². The molecule has 42 heavy (non-hydrogen) atoms. The minimum absolute atomic E-state index is 0.0673. The van der Waals surface area contributed by atoms with Crippen molar-refractivity contribution in [1.82, 2.24) is 41.9 Å². The van der Waals surface area contributed by atoms with Crippen molar-refractivity contribution in [3.8, 4) is 0 Å².